The van der Waals surface area contributed by atoms with Crippen LogP contribution in [-0.2, 0) is 6.42 Å². The molecule has 142 valence electrons. The third-order valence-corrected chi connectivity index (χ3v) is 4.10. The highest BCUT2D eigenvalue weighted by Crippen LogP contribution is 2.25. The van der Waals surface area contributed by atoms with Crippen molar-refractivity contribution in [2.45, 2.75) is 19.3 Å². The Balaban J connectivity index is 1.54. The van der Waals surface area contributed by atoms with Gasteiger partial charge in [-0.2, -0.15) is 5.10 Å². The van der Waals surface area contributed by atoms with E-state index in [9.17, 15) is 9.18 Å². The summed E-state index contributed by atoms with van der Waals surface area (Å²) in [5.41, 5.74) is 1.96. The van der Waals surface area contributed by atoms with Crippen LogP contribution in [0.15, 0.2) is 48.5 Å². The molecule has 0 atom stereocenters. The summed E-state index contributed by atoms with van der Waals surface area (Å²) in [5.74, 6) is 1.10. The SMILES string of the molecule is O=C(NCCc1ccccc1)Nc1n[nH]c2ccc(OCCCCF)cc12. The van der Waals surface area contributed by atoms with Gasteiger partial charge < -0.3 is 10.1 Å². The van der Waals surface area contributed by atoms with Crippen molar-refractivity contribution in [1.29, 1.82) is 0 Å². The lowest BCUT2D eigenvalue weighted by molar-refractivity contribution is 0.252. The molecule has 2 aromatic carbocycles. The van der Waals surface area contributed by atoms with Crippen LogP contribution in [0.25, 0.3) is 10.9 Å². The summed E-state index contributed by atoms with van der Waals surface area (Å²) in [6, 6.07) is 15.1. The van der Waals surface area contributed by atoms with Crippen LogP contribution in [0.3, 0.4) is 0 Å². The largest absolute Gasteiger partial charge is 0.494 e. The summed E-state index contributed by atoms with van der Waals surface area (Å²) in [4.78, 5) is 12.1. The van der Waals surface area contributed by atoms with Crippen LogP contribution in [-0.4, -0.2) is 36.1 Å². The van der Waals surface area contributed by atoms with Crippen molar-refractivity contribution in [3.63, 3.8) is 0 Å². The van der Waals surface area contributed by atoms with Crippen LogP contribution in [0.5, 0.6) is 5.75 Å². The van der Waals surface area contributed by atoms with E-state index in [1.807, 2.05) is 48.5 Å². The molecule has 3 N–H and O–H groups in total. The second-order valence-corrected chi connectivity index (χ2v) is 6.14. The van der Waals surface area contributed by atoms with E-state index in [0.717, 1.165) is 22.9 Å². The number of aromatic amines is 1. The molecule has 2 amide bonds. The quantitative estimate of drug-likeness (QED) is 0.497. The summed E-state index contributed by atoms with van der Waals surface area (Å²) >= 11 is 0. The molecule has 3 rings (SSSR count). The molecule has 6 nitrogen and oxygen atoms in total. The van der Waals surface area contributed by atoms with Gasteiger partial charge in [0.25, 0.3) is 0 Å². The Hall–Kier alpha value is -3.09. The van der Waals surface area contributed by atoms with Gasteiger partial charge in [-0.3, -0.25) is 14.8 Å². The van der Waals surface area contributed by atoms with E-state index in [-0.39, 0.29) is 12.7 Å². The van der Waals surface area contributed by atoms with Gasteiger partial charge in [0.2, 0.25) is 0 Å². The smallest absolute Gasteiger partial charge is 0.320 e. The van der Waals surface area contributed by atoms with Crippen molar-refractivity contribution in [1.82, 2.24) is 15.5 Å². The monoisotopic (exact) mass is 370 g/mol. The zero-order valence-corrected chi connectivity index (χ0v) is 15.0. The van der Waals surface area contributed by atoms with E-state index < -0.39 is 0 Å². The second-order valence-electron chi connectivity index (χ2n) is 6.14. The number of hydrogen-bond donors (Lipinski definition) is 3. The molecule has 0 spiro atoms. The van der Waals surface area contributed by atoms with Gasteiger partial charge in [0.05, 0.1) is 18.8 Å². The van der Waals surface area contributed by atoms with Gasteiger partial charge >= 0.3 is 6.03 Å². The number of nitrogens with zero attached hydrogens (tertiary/aromatic N) is 1. The highest BCUT2D eigenvalue weighted by atomic mass is 19.1. The Labute approximate surface area is 157 Å². The highest BCUT2D eigenvalue weighted by Gasteiger charge is 2.10. The Morgan fingerprint density at radius 2 is 2.00 bits per heavy atom. The number of carbonyl (C=O) groups excluding carboxylic acids is 1. The Kier molecular flexibility index (Phi) is 6.62. The van der Waals surface area contributed by atoms with Crippen LogP contribution in [0.4, 0.5) is 15.0 Å². The first-order valence-corrected chi connectivity index (χ1v) is 9.02. The molecule has 0 fully saturated rings. The number of alkyl halides is 1. The molecule has 27 heavy (non-hydrogen) atoms. The molecule has 0 aliphatic heterocycles. The Bertz CT molecular complexity index is 867. The number of hydrogen-bond acceptors (Lipinski definition) is 3. The number of benzene rings is 2. The van der Waals surface area contributed by atoms with E-state index in [1.54, 1.807) is 0 Å². The van der Waals surface area contributed by atoms with Gasteiger partial charge in [-0.25, -0.2) is 4.79 Å². The molecule has 1 aromatic heterocycles. The van der Waals surface area contributed by atoms with Crippen LogP contribution in [0, 0.1) is 0 Å². The number of nitrogens with one attached hydrogen (secondary N) is 3. The van der Waals surface area contributed by atoms with Gasteiger partial charge in [-0.05, 0) is 43.0 Å². The predicted octanol–water partition coefficient (Wildman–Crippen LogP) is 4.06. The number of fused-ring (bicyclic) bond motifs is 1. The van der Waals surface area contributed by atoms with Crippen LogP contribution >= 0.6 is 0 Å². The minimum absolute atomic E-state index is 0.311. The number of ether oxygens (including phenoxy) is 1. The maximum absolute atomic E-state index is 12.1. The lowest BCUT2D eigenvalue weighted by Crippen LogP contribution is -2.30. The van der Waals surface area contributed by atoms with Crippen molar-refractivity contribution >= 4 is 22.8 Å². The molecule has 0 radical (unpaired) electrons. The number of urea groups is 1. The normalized spacial score (nSPS) is 10.7. The summed E-state index contributed by atoms with van der Waals surface area (Å²) in [5, 5.41) is 13.4. The van der Waals surface area contributed by atoms with Crippen LogP contribution in [0.1, 0.15) is 18.4 Å². The topological polar surface area (TPSA) is 79.0 Å². The lowest BCUT2D eigenvalue weighted by atomic mass is 10.1. The van der Waals surface area contributed by atoms with E-state index in [0.29, 0.717) is 37.6 Å². The van der Waals surface area contributed by atoms with Gasteiger partial charge in [0, 0.05) is 11.9 Å². The van der Waals surface area contributed by atoms with Gasteiger partial charge in [0.15, 0.2) is 5.82 Å². The molecule has 0 saturated carbocycles. The average molecular weight is 370 g/mol. The first-order valence-electron chi connectivity index (χ1n) is 9.02. The average Bonchev–Trinajstić information content (AvgIpc) is 3.08. The number of anilines is 1. The van der Waals surface area contributed by atoms with Gasteiger partial charge in [0.1, 0.15) is 5.75 Å². The molecule has 0 saturated heterocycles. The fourth-order valence-electron chi connectivity index (χ4n) is 2.68. The minimum atomic E-state index is -0.336. The van der Waals surface area contributed by atoms with Crippen LogP contribution < -0.4 is 15.4 Å². The predicted molar refractivity (Wildman–Crippen MR) is 104 cm³/mol. The molecular weight excluding hydrogens is 347 g/mol. The van der Waals surface area contributed by atoms with E-state index in [4.69, 9.17) is 4.74 Å². The Morgan fingerprint density at radius 3 is 2.81 bits per heavy atom. The fourth-order valence-corrected chi connectivity index (χ4v) is 2.68. The van der Waals surface area contributed by atoms with Crippen molar-refractivity contribution in [3.05, 3.63) is 54.1 Å². The second kappa shape index (κ2) is 9.56. The molecule has 7 heteroatoms. The number of carbonyl (C=O) groups is 1. The first-order chi connectivity index (χ1) is 13.3. The molecule has 0 unspecified atom stereocenters. The summed E-state index contributed by atoms with van der Waals surface area (Å²) in [6.45, 7) is 0.648. The standard InChI is InChI=1S/C20H23FN4O2/c21-11-4-5-13-27-16-8-9-18-17(14-16)19(25-24-18)23-20(26)22-12-10-15-6-2-1-3-7-15/h1-3,6-9,14H,4-5,10-13H2,(H3,22,23,24,25,26). The number of amides is 2. The van der Waals surface area contributed by atoms with Crippen molar-refractivity contribution in [2.75, 3.05) is 25.1 Å². The lowest BCUT2D eigenvalue weighted by Gasteiger charge is -2.07. The molecule has 1 heterocycles. The fraction of sp³-hybridized carbons (Fsp3) is 0.300. The number of H-pyrrole nitrogens is 1. The Morgan fingerprint density at radius 1 is 1.15 bits per heavy atom. The zero-order chi connectivity index (χ0) is 18.9. The summed E-state index contributed by atoms with van der Waals surface area (Å²) in [6.07, 6.45) is 1.91. The minimum Gasteiger partial charge on any atom is -0.494 e. The molecular formula is C20H23FN4O2. The van der Waals surface area contributed by atoms with Gasteiger partial charge in [-0.15, -0.1) is 0 Å². The van der Waals surface area contributed by atoms with E-state index >= 15 is 0 Å². The summed E-state index contributed by atoms with van der Waals surface area (Å²) in [7, 11) is 0. The van der Waals surface area contributed by atoms with E-state index in [2.05, 4.69) is 20.8 Å². The number of rotatable bonds is 9. The highest BCUT2D eigenvalue weighted by molar-refractivity contribution is 5.99. The van der Waals surface area contributed by atoms with Crippen LogP contribution in [0.2, 0.25) is 0 Å². The summed E-state index contributed by atoms with van der Waals surface area (Å²) < 4.78 is 17.8. The van der Waals surface area contributed by atoms with Crippen molar-refractivity contribution in [3.8, 4) is 5.75 Å². The number of aromatic nitrogens is 2. The third kappa shape index (κ3) is 5.44. The molecule has 3 aromatic rings. The first kappa shape index (κ1) is 18.7. The molecule has 0 aliphatic rings. The molecule has 0 aliphatic carbocycles. The maximum atomic E-state index is 12.1. The van der Waals surface area contributed by atoms with Gasteiger partial charge in [-0.1, -0.05) is 30.3 Å². The van der Waals surface area contributed by atoms with Crippen molar-refractivity contribution < 1.29 is 13.9 Å². The maximum Gasteiger partial charge on any atom is 0.320 e. The number of unbranched alkanes of at least 4 members (excludes halogenated alkanes) is 1. The number of halogens is 1. The van der Waals surface area contributed by atoms with E-state index in [1.165, 1.54) is 0 Å². The van der Waals surface area contributed by atoms with Crippen molar-refractivity contribution in [2.24, 2.45) is 0 Å². The molecule has 0 bridgehead atoms. The zero-order valence-electron chi connectivity index (χ0n) is 15.0. The third-order valence-electron chi connectivity index (χ3n) is 4.10.